The number of aliphatic hydroxyl groups excluding tert-OH is 1. The maximum atomic E-state index is 12.1. The van der Waals surface area contributed by atoms with E-state index in [1.165, 1.54) is 0 Å². The number of carbonyl (C=O) groups is 1. The molecule has 1 heterocycles. The molecule has 4 heteroatoms. The van der Waals surface area contributed by atoms with Crippen LogP contribution in [0.3, 0.4) is 0 Å². The summed E-state index contributed by atoms with van der Waals surface area (Å²) in [6, 6.07) is 1.94. The molecule has 1 aliphatic rings. The van der Waals surface area contributed by atoms with E-state index >= 15 is 0 Å². The van der Waals surface area contributed by atoms with Crippen LogP contribution < -0.4 is 5.32 Å². The highest BCUT2D eigenvalue weighted by atomic mass is 16.3. The van der Waals surface area contributed by atoms with Crippen molar-refractivity contribution in [2.24, 2.45) is 5.41 Å². The van der Waals surface area contributed by atoms with E-state index in [1.54, 1.807) is 0 Å². The number of amides is 1. The van der Waals surface area contributed by atoms with Gasteiger partial charge in [-0.15, -0.1) is 0 Å². The quantitative estimate of drug-likeness (QED) is 0.873. The van der Waals surface area contributed by atoms with E-state index in [2.05, 4.69) is 19.2 Å². The highest BCUT2D eigenvalue weighted by molar-refractivity contribution is 5.76. The minimum Gasteiger partial charge on any atom is -0.388 e. The maximum Gasteiger partial charge on any atom is 0.240 e. The van der Waals surface area contributed by atoms with Gasteiger partial charge >= 0.3 is 0 Å². The number of rotatable bonds is 2. The van der Waals surface area contributed by atoms with Crippen molar-refractivity contribution in [3.05, 3.63) is 23.5 Å². The van der Waals surface area contributed by atoms with Gasteiger partial charge in [-0.25, -0.2) is 0 Å². The number of hydrogen-bond donors (Lipinski definition) is 2. The van der Waals surface area contributed by atoms with Crippen molar-refractivity contribution < 1.29 is 9.90 Å². The highest BCUT2D eigenvalue weighted by Crippen LogP contribution is 2.40. The summed E-state index contributed by atoms with van der Waals surface area (Å²) in [6.45, 7) is 10.6. The van der Waals surface area contributed by atoms with E-state index in [0.717, 1.165) is 24.1 Å². The molecule has 20 heavy (non-hydrogen) atoms. The van der Waals surface area contributed by atoms with E-state index in [9.17, 15) is 9.90 Å². The molecule has 0 aliphatic heterocycles. The topological polar surface area (TPSA) is 54.3 Å². The number of fused-ring (bicyclic) bond motifs is 1. The van der Waals surface area contributed by atoms with E-state index in [-0.39, 0.29) is 16.9 Å². The standard InChI is InChI=1S/C16H26N2O2/c1-15(2,3)17-14(20)10-18-7-6-11-12(18)8-16(4,5)9-13(11)19/h6-7,13,19H,8-10H2,1-5H3,(H,17,20). The smallest absolute Gasteiger partial charge is 0.240 e. The van der Waals surface area contributed by atoms with Crippen molar-refractivity contribution in [2.45, 2.75) is 65.6 Å². The van der Waals surface area contributed by atoms with E-state index < -0.39 is 6.10 Å². The lowest BCUT2D eigenvalue weighted by atomic mass is 9.75. The molecular weight excluding hydrogens is 252 g/mol. The molecule has 1 unspecified atom stereocenters. The molecule has 1 atom stereocenters. The van der Waals surface area contributed by atoms with Crippen molar-refractivity contribution in [1.82, 2.24) is 9.88 Å². The van der Waals surface area contributed by atoms with Crippen molar-refractivity contribution in [1.29, 1.82) is 0 Å². The SMILES string of the molecule is CC1(C)Cc2c(ccn2CC(=O)NC(C)(C)C)C(O)C1. The number of nitrogens with zero attached hydrogens (tertiary/aromatic N) is 1. The monoisotopic (exact) mass is 278 g/mol. The molecular formula is C16H26N2O2. The average Bonchev–Trinajstić information content (AvgIpc) is 2.56. The molecule has 112 valence electrons. The van der Waals surface area contributed by atoms with Crippen LogP contribution in [0.4, 0.5) is 0 Å². The first-order valence-electron chi connectivity index (χ1n) is 7.24. The van der Waals surface area contributed by atoms with Crippen LogP contribution in [0.15, 0.2) is 12.3 Å². The van der Waals surface area contributed by atoms with Crippen LogP contribution in [-0.4, -0.2) is 21.1 Å². The Balaban J connectivity index is 2.18. The third-order valence-corrected chi connectivity index (χ3v) is 3.69. The molecule has 0 fully saturated rings. The summed E-state index contributed by atoms with van der Waals surface area (Å²) < 4.78 is 1.97. The Morgan fingerprint density at radius 3 is 2.75 bits per heavy atom. The Hall–Kier alpha value is -1.29. The van der Waals surface area contributed by atoms with Gasteiger partial charge in [-0.2, -0.15) is 0 Å². The zero-order chi connectivity index (χ0) is 15.1. The molecule has 1 aromatic rings. The van der Waals surface area contributed by atoms with Gasteiger partial charge in [-0.05, 0) is 45.1 Å². The minimum atomic E-state index is -0.416. The molecule has 0 aromatic carbocycles. The lowest BCUT2D eigenvalue weighted by molar-refractivity contribution is -0.123. The molecule has 4 nitrogen and oxygen atoms in total. The summed E-state index contributed by atoms with van der Waals surface area (Å²) >= 11 is 0. The maximum absolute atomic E-state index is 12.1. The summed E-state index contributed by atoms with van der Waals surface area (Å²) in [5.74, 6) is 0.00812. The first-order valence-corrected chi connectivity index (χ1v) is 7.24. The number of nitrogens with one attached hydrogen (secondary N) is 1. The molecule has 2 N–H and O–H groups in total. The van der Waals surface area contributed by atoms with Gasteiger partial charge in [0.2, 0.25) is 5.91 Å². The van der Waals surface area contributed by atoms with E-state index in [0.29, 0.717) is 6.54 Å². The summed E-state index contributed by atoms with van der Waals surface area (Å²) in [5, 5.41) is 13.2. The van der Waals surface area contributed by atoms with Crippen LogP contribution in [0.2, 0.25) is 0 Å². The van der Waals surface area contributed by atoms with Crippen LogP contribution in [0.25, 0.3) is 0 Å². The molecule has 0 spiro atoms. The van der Waals surface area contributed by atoms with Gasteiger partial charge in [-0.3, -0.25) is 4.79 Å². The Labute approximate surface area is 121 Å². The van der Waals surface area contributed by atoms with Gasteiger partial charge in [0.1, 0.15) is 6.54 Å². The first-order chi connectivity index (χ1) is 9.07. The Morgan fingerprint density at radius 2 is 2.15 bits per heavy atom. The summed E-state index contributed by atoms with van der Waals surface area (Å²) in [4.78, 5) is 12.1. The fraction of sp³-hybridized carbons (Fsp3) is 0.688. The second-order valence-corrected chi connectivity index (χ2v) is 7.70. The fourth-order valence-electron chi connectivity index (χ4n) is 2.95. The van der Waals surface area contributed by atoms with Gasteiger partial charge in [0.25, 0.3) is 0 Å². The average molecular weight is 278 g/mol. The van der Waals surface area contributed by atoms with Crippen LogP contribution in [0.1, 0.15) is 58.4 Å². The second kappa shape index (κ2) is 4.92. The lowest BCUT2D eigenvalue weighted by Crippen LogP contribution is -2.42. The zero-order valence-corrected chi connectivity index (χ0v) is 13.2. The van der Waals surface area contributed by atoms with Gasteiger partial charge < -0.3 is 15.0 Å². The van der Waals surface area contributed by atoms with Crippen LogP contribution in [0, 0.1) is 5.41 Å². The molecule has 0 saturated heterocycles. The Bertz CT molecular complexity index is 509. The molecule has 2 rings (SSSR count). The van der Waals surface area contributed by atoms with Gasteiger partial charge in [0, 0.05) is 23.0 Å². The molecule has 0 radical (unpaired) electrons. The number of aliphatic hydroxyl groups is 1. The van der Waals surface area contributed by atoms with Crippen LogP contribution in [0.5, 0.6) is 0 Å². The lowest BCUT2D eigenvalue weighted by Gasteiger charge is -2.34. The predicted molar refractivity (Wildman–Crippen MR) is 79.4 cm³/mol. The van der Waals surface area contributed by atoms with Gasteiger partial charge in [0.05, 0.1) is 6.10 Å². The first kappa shape index (κ1) is 15.1. The van der Waals surface area contributed by atoms with Crippen LogP contribution in [-0.2, 0) is 17.8 Å². The van der Waals surface area contributed by atoms with Crippen LogP contribution >= 0.6 is 0 Å². The van der Waals surface area contributed by atoms with Crippen molar-refractivity contribution in [3.63, 3.8) is 0 Å². The molecule has 1 aliphatic carbocycles. The van der Waals surface area contributed by atoms with Gasteiger partial charge in [-0.1, -0.05) is 13.8 Å². The molecule has 1 aromatic heterocycles. The zero-order valence-electron chi connectivity index (χ0n) is 13.2. The number of carbonyl (C=O) groups excluding carboxylic acids is 1. The van der Waals surface area contributed by atoms with Gasteiger partial charge in [0.15, 0.2) is 0 Å². The summed E-state index contributed by atoms with van der Waals surface area (Å²) in [7, 11) is 0. The Morgan fingerprint density at radius 1 is 1.50 bits per heavy atom. The third-order valence-electron chi connectivity index (χ3n) is 3.69. The second-order valence-electron chi connectivity index (χ2n) is 7.70. The van der Waals surface area contributed by atoms with Crippen molar-refractivity contribution >= 4 is 5.91 Å². The molecule has 1 amide bonds. The largest absolute Gasteiger partial charge is 0.388 e. The highest BCUT2D eigenvalue weighted by Gasteiger charge is 2.33. The normalized spacial score (nSPS) is 21.4. The summed E-state index contributed by atoms with van der Waals surface area (Å²) in [5.41, 5.74) is 1.93. The summed E-state index contributed by atoms with van der Waals surface area (Å²) in [6.07, 6.45) is 3.17. The van der Waals surface area contributed by atoms with E-state index in [4.69, 9.17) is 0 Å². The van der Waals surface area contributed by atoms with Crippen molar-refractivity contribution in [2.75, 3.05) is 0 Å². The predicted octanol–water partition coefficient (Wildman–Crippen LogP) is 2.41. The molecule has 0 saturated carbocycles. The Kier molecular flexibility index (Phi) is 3.71. The minimum absolute atomic E-state index is 0.00812. The fourth-order valence-corrected chi connectivity index (χ4v) is 2.95. The molecule has 0 bridgehead atoms. The van der Waals surface area contributed by atoms with Crippen molar-refractivity contribution in [3.8, 4) is 0 Å². The third kappa shape index (κ3) is 3.42. The number of hydrogen-bond acceptors (Lipinski definition) is 2. The van der Waals surface area contributed by atoms with E-state index in [1.807, 2.05) is 37.6 Å². The number of aromatic nitrogens is 1.